The Morgan fingerprint density at radius 3 is 2.35 bits per heavy atom. The lowest BCUT2D eigenvalue weighted by Crippen LogP contribution is -2.30. The number of hydrogen-bond acceptors (Lipinski definition) is 1. The van der Waals surface area contributed by atoms with Crippen molar-refractivity contribution >= 4 is 28.9 Å². The van der Waals surface area contributed by atoms with Gasteiger partial charge < -0.3 is 5.32 Å². The first kappa shape index (κ1) is 13.0. The van der Waals surface area contributed by atoms with Crippen molar-refractivity contribution in [2.45, 2.75) is 39.2 Å². The fraction of sp³-hybridized carbons (Fsp3) is 0.571. The molecule has 0 aliphatic heterocycles. The first-order valence-corrected chi connectivity index (χ1v) is 7.01. The van der Waals surface area contributed by atoms with E-state index >= 15 is 0 Å². The molecule has 0 aromatic heterocycles. The molecule has 0 saturated heterocycles. The first-order valence-electron chi connectivity index (χ1n) is 6.26. The summed E-state index contributed by atoms with van der Waals surface area (Å²) >= 11 is 12.2. The van der Waals surface area contributed by atoms with Gasteiger partial charge in [0.25, 0.3) is 0 Å². The van der Waals surface area contributed by atoms with Crippen molar-refractivity contribution in [1.82, 2.24) is 0 Å². The first-order chi connectivity index (χ1) is 8.04. The normalized spacial score (nSPS) is 29.1. The van der Waals surface area contributed by atoms with Gasteiger partial charge in [-0.3, -0.25) is 0 Å². The monoisotopic (exact) mass is 271 g/mol. The number of hydrogen-bond donors (Lipinski definition) is 1. The Labute approximate surface area is 114 Å². The molecule has 17 heavy (non-hydrogen) atoms. The van der Waals surface area contributed by atoms with Crippen molar-refractivity contribution in [3.63, 3.8) is 0 Å². The Bertz CT molecular complexity index is 382. The summed E-state index contributed by atoms with van der Waals surface area (Å²) in [5.74, 6) is 1.57. The highest BCUT2D eigenvalue weighted by molar-refractivity contribution is 6.35. The predicted octanol–water partition coefficient (Wildman–Crippen LogP) is 5.23. The van der Waals surface area contributed by atoms with Crippen molar-refractivity contribution in [2.24, 2.45) is 11.8 Å². The molecule has 94 valence electrons. The van der Waals surface area contributed by atoms with Crippen molar-refractivity contribution in [2.75, 3.05) is 5.32 Å². The highest BCUT2D eigenvalue weighted by Gasteiger charge is 2.24. The molecule has 1 nitrogen and oxygen atoms in total. The molecule has 1 aliphatic carbocycles. The third-order valence-corrected chi connectivity index (χ3v) is 4.03. The maximum atomic E-state index is 6.17. The zero-order chi connectivity index (χ0) is 12.4. The van der Waals surface area contributed by atoms with Gasteiger partial charge in [0, 0.05) is 11.1 Å². The Hall–Kier alpha value is -0.400. The van der Waals surface area contributed by atoms with Crippen LogP contribution in [0.15, 0.2) is 18.2 Å². The second-order valence-corrected chi connectivity index (χ2v) is 6.23. The highest BCUT2D eigenvalue weighted by Crippen LogP contribution is 2.33. The number of rotatable bonds is 2. The Morgan fingerprint density at radius 2 is 1.71 bits per heavy atom. The van der Waals surface area contributed by atoms with Crippen LogP contribution in [0.1, 0.15) is 33.1 Å². The molecule has 1 saturated carbocycles. The van der Waals surface area contributed by atoms with E-state index in [1.54, 1.807) is 0 Å². The Morgan fingerprint density at radius 1 is 1.06 bits per heavy atom. The van der Waals surface area contributed by atoms with Crippen LogP contribution in [-0.2, 0) is 0 Å². The molecule has 1 aromatic carbocycles. The van der Waals surface area contributed by atoms with E-state index in [0.717, 1.165) is 27.6 Å². The number of nitrogens with one attached hydrogen (secondary N) is 1. The van der Waals surface area contributed by atoms with E-state index in [1.807, 2.05) is 18.2 Å². The van der Waals surface area contributed by atoms with Crippen molar-refractivity contribution in [3.05, 3.63) is 28.2 Å². The summed E-state index contributed by atoms with van der Waals surface area (Å²) < 4.78 is 0. The van der Waals surface area contributed by atoms with E-state index in [4.69, 9.17) is 23.2 Å². The van der Waals surface area contributed by atoms with Gasteiger partial charge in [-0.05, 0) is 49.3 Å². The van der Waals surface area contributed by atoms with Gasteiger partial charge in [0.2, 0.25) is 0 Å². The molecule has 0 radical (unpaired) electrons. The van der Waals surface area contributed by atoms with E-state index in [9.17, 15) is 0 Å². The quantitative estimate of drug-likeness (QED) is 0.777. The fourth-order valence-corrected chi connectivity index (χ4v) is 3.24. The summed E-state index contributed by atoms with van der Waals surface area (Å²) in [6, 6.07) is 6.10. The summed E-state index contributed by atoms with van der Waals surface area (Å²) in [6.45, 7) is 4.65. The van der Waals surface area contributed by atoms with Crippen LogP contribution in [0.5, 0.6) is 0 Å². The van der Waals surface area contributed by atoms with E-state index in [2.05, 4.69) is 19.2 Å². The molecular formula is C14H19Cl2N. The lowest BCUT2D eigenvalue weighted by molar-refractivity contribution is 0.281. The van der Waals surface area contributed by atoms with Crippen LogP contribution in [0.3, 0.4) is 0 Å². The molecular weight excluding hydrogens is 253 g/mol. The molecule has 0 amide bonds. The van der Waals surface area contributed by atoms with Gasteiger partial charge in [0.1, 0.15) is 0 Å². The molecule has 1 aliphatic rings. The van der Waals surface area contributed by atoms with Crippen LogP contribution >= 0.6 is 23.2 Å². The van der Waals surface area contributed by atoms with Crippen LogP contribution < -0.4 is 5.32 Å². The molecule has 0 bridgehead atoms. The minimum atomic E-state index is 0.518. The van der Waals surface area contributed by atoms with Crippen LogP contribution in [0, 0.1) is 11.8 Å². The van der Waals surface area contributed by atoms with Gasteiger partial charge in [0.05, 0.1) is 10.7 Å². The van der Waals surface area contributed by atoms with Crippen LogP contribution in [0.2, 0.25) is 10.0 Å². The molecule has 2 atom stereocenters. The highest BCUT2D eigenvalue weighted by atomic mass is 35.5. The zero-order valence-corrected chi connectivity index (χ0v) is 11.9. The minimum Gasteiger partial charge on any atom is -0.381 e. The van der Waals surface area contributed by atoms with Gasteiger partial charge in [-0.2, -0.15) is 0 Å². The third-order valence-electron chi connectivity index (χ3n) is 3.47. The largest absolute Gasteiger partial charge is 0.381 e. The molecule has 1 aromatic rings. The average molecular weight is 272 g/mol. The summed E-state index contributed by atoms with van der Waals surface area (Å²) in [6.07, 6.45) is 3.77. The summed E-state index contributed by atoms with van der Waals surface area (Å²) in [5.41, 5.74) is 0.963. The third kappa shape index (κ3) is 3.53. The topological polar surface area (TPSA) is 12.0 Å². The van der Waals surface area contributed by atoms with Crippen LogP contribution in [-0.4, -0.2) is 6.04 Å². The standard InChI is InChI=1S/C14H19Cl2N/c1-9-5-10(2)7-12(6-9)17-14-8-11(15)3-4-13(14)16/h3-4,8-10,12,17H,5-7H2,1-2H3. The zero-order valence-electron chi connectivity index (χ0n) is 10.3. The molecule has 1 fully saturated rings. The molecule has 3 heteroatoms. The summed E-state index contributed by atoms with van der Waals surface area (Å²) in [7, 11) is 0. The maximum Gasteiger partial charge on any atom is 0.0638 e. The average Bonchev–Trinajstić information content (AvgIpc) is 2.22. The number of benzene rings is 1. The molecule has 0 spiro atoms. The second-order valence-electron chi connectivity index (χ2n) is 5.38. The lowest BCUT2D eigenvalue weighted by Gasteiger charge is -2.32. The van der Waals surface area contributed by atoms with Gasteiger partial charge in [0.15, 0.2) is 0 Å². The summed E-state index contributed by atoms with van der Waals surface area (Å²) in [4.78, 5) is 0. The van der Waals surface area contributed by atoms with E-state index in [0.29, 0.717) is 6.04 Å². The molecule has 2 rings (SSSR count). The number of anilines is 1. The summed E-state index contributed by atoms with van der Waals surface area (Å²) in [5, 5.41) is 5.02. The van der Waals surface area contributed by atoms with Crippen molar-refractivity contribution < 1.29 is 0 Å². The van der Waals surface area contributed by atoms with E-state index in [-0.39, 0.29) is 0 Å². The minimum absolute atomic E-state index is 0.518. The van der Waals surface area contributed by atoms with Crippen LogP contribution in [0.25, 0.3) is 0 Å². The second kappa shape index (κ2) is 5.49. The molecule has 0 heterocycles. The molecule has 2 unspecified atom stereocenters. The van der Waals surface area contributed by atoms with Gasteiger partial charge in [-0.15, -0.1) is 0 Å². The van der Waals surface area contributed by atoms with Gasteiger partial charge in [-0.1, -0.05) is 37.0 Å². The predicted molar refractivity (Wildman–Crippen MR) is 76.1 cm³/mol. The lowest BCUT2D eigenvalue weighted by atomic mass is 9.80. The van der Waals surface area contributed by atoms with E-state index < -0.39 is 0 Å². The van der Waals surface area contributed by atoms with Crippen molar-refractivity contribution in [3.8, 4) is 0 Å². The number of halogens is 2. The maximum absolute atomic E-state index is 6.17. The van der Waals surface area contributed by atoms with E-state index in [1.165, 1.54) is 19.3 Å². The van der Waals surface area contributed by atoms with Gasteiger partial charge in [-0.25, -0.2) is 0 Å². The fourth-order valence-electron chi connectivity index (χ4n) is 2.89. The van der Waals surface area contributed by atoms with Gasteiger partial charge >= 0.3 is 0 Å². The van der Waals surface area contributed by atoms with Crippen molar-refractivity contribution in [1.29, 1.82) is 0 Å². The SMILES string of the molecule is CC1CC(C)CC(Nc2cc(Cl)ccc2Cl)C1. The Balaban J connectivity index is 2.07. The molecule has 1 N–H and O–H groups in total. The smallest absolute Gasteiger partial charge is 0.0638 e. The van der Waals surface area contributed by atoms with Crippen LogP contribution in [0.4, 0.5) is 5.69 Å². The Kier molecular flexibility index (Phi) is 4.22.